The van der Waals surface area contributed by atoms with Crippen LogP contribution in [0.3, 0.4) is 0 Å². The van der Waals surface area contributed by atoms with Crippen LogP contribution in [0.5, 0.6) is 0 Å². The van der Waals surface area contributed by atoms with E-state index in [9.17, 15) is 8.42 Å². The minimum atomic E-state index is -3.07. The SMILES string of the molecule is Cc1ccc(C)c(CN2CC3(C2)OCC[C@H]3CCNS(=O)(=O)C2CC2)c1. The summed E-state index contributed by atoms with van der Waals surface area (Å²) in [7, 11) is -3.07. The van der Waals surface area contributed by atoms with Crippen molar-refractivity contribution in [3.8, 4) is 0 Å². The van der Waals surface area contributed by atoms with Crippen molar-refractivity contribution >= 4 is 10.0 Å². The molecule has 1 N–H and O–H groups in total. The highest BCUT2D eigenvalue weighted by Crippen LogP contribution is 2.42. The lowest BCUT2D eigenvalue weighted by molar-refractivity contribution is -0.136. The lowest BCUT2D eigenvalue weighted by Gasteiger charge is -2.50. The Balaban J connectivity index is 1.29. The molecule has 1 spiro atoms. The minimum Gasteiger partial charge on any atom is -0.372 e. The number of nitrogens with zero attached hydrogens (tertiary/aromatic N) is 1. The second-order valence-corrected chi connectivity index (χ2v) is 10.4. The summed E-state index contributed by atoms with van der Waals surface area (Å²) >= 11 is 0. The predicted octanol–water partition coefficient (Wildman–Crippen LogP) is 2.37. The Kier molecular flexibility index (Phi) is 4.88. The number of aryl methyl sites for hydroxylation is 2. The zero-order chi connectivity index (χ0) is 18.4. The minimum absolute atomic E-state index is 0.0528. The first-order valence-electron chi connectivity index (χ1n) is 9.79. The van der Waals surface area contributed by atoms with Gasteiger partial charge in [-0.3, -0.25) is 4.90 Å². The van der Waals surface area contributed by atoms with Crippen molar-refractivity contribution in [2.45, 2.75) is 56.9 Å². The molecule has 2 heterocycles. The Morgan fingerprint density at radius 3 is 2.73 bits per heavy atom. The van der Waals surface area contributed by atoms with Crippen LogP contribution in [0.2, 0.25) is 0 Å². The van der Waals surface area contributed by atoms with Gasteiger partial charge in [0, 0.05) is 32.8 Å². The number of sulfonamides is 1. The average molecular weight is 379 g/mol. The molecule has 6 heteroatoms. The summed E-state index contributed by atoms with van der Waals surface area (Å²) in [4.78, 5) is 2.45. The Bertz CT molecular complexity index is 767. The van der Waals surface area contributed by atoms with Gasteiger partial charge in [-0.05, 0) is 56.6 Å². The first kappa shape index (κ1) is 18.4. The zero-order valence-electron chi connectivity index (χ0n) is 15.8. The van der Waals surface area contributed by atoms with E-state index < -0.39 is 10.0 Å². The summed E-state index contributed by atoms with van der Waals surface area (Å²) in [6.45, 7) is 8.55. The molecule has 5 nitrogen and oxygen atoms in total. The molecule has 26 heavy (non-hydrogen) atoms. The van der Waals surface area contributed by atoms with Gasteiger partial charge in [0.1, 0.15) is 0 Å². The van der Waals surface area contributed by atoms with E-state index in [-0.39, 0.29) is 10.9 Å². The largest absolute Gasteiger partial charge is 0.372 e. The predicted molar refractivity (Wildman–Crippen MR) is 103 cm³/mol. The van der Waals surface area contributed by atoms with Gasteiger partial charge in [-0.2, -0.15) is 0 Å². The molecule has 1 atom stereocenters. The fourth-order valence-electron chi connectivity index (χ4n) is 4.45. The fraction of sp³-hybridized carbons (Fsp3) is 0.700. The third-order valence-corrected chi connectivity index (χ3v) is 8.20. The van der Waals surface area contributed by atoms with Crippen molar-refractivity contribution in [2.75, 3.05) is 26.2 Å². The van der Waals surface area contributed by atoms with Crippen LogP contribution in [0.15, 0.2) is 18.2 Å². The molecule has 2 saturated heterocycles. The second kappa shape index (κ2) is 6.89. The molecular weight excluding hydrogens is 348 g/mol. The van der Waals surface area contributed by atoms with Gasteiger partial charge >= 0.3 is 0 Å². The molecule has 3 fully saturated rings. The number of hydrogen-bond acceptors (Lipinski definition) is 4. The maximum Gasteiger partial charge on any atom is 0.214 e. The van der Waals surface area contributed by atoms with Crippen molar-refractivity contribution in [3.05, 3.63) is 34.9 Å². The number of ether oxygens (including phenoxy) is 1. The molecule has 1 saturated carbocycles. The van der Waals surface area contributed by atoms with Crippen LogP contribution in [0, 0.1) is 19.8 Å². The number of rotatable bonds is 7. The van der Waals surface area contributed by atoms with Crippen LogP contribution < -0.4 is 4.72 Å². The molecule has 0 bridgehead atoms. The molecule has 1 aromatic carbocycles. The number of hydrogen-bond donors (Lipinski definition) is 1. The summed E-state index contributed by atoms with van der Waals surface area (Å²) in [6, 6.07) is 6.64. The van der Waals surface area contributed by atoms with Gasteiger partial charge in [0.15, 0.2) is 0 Å². The third-order valence-electron chi connectivity index (χ3n) is 6.24. The van der Waals surface area contributed by atoms with E-state index in [0.717, 1.165) is 51.9 Å². The van der Waals surface area contributed by atoms with Gasteiger partial charge in [0.25, 0.3) is 0 Å². The Morgan fingerprint density at radius 1 is 1.23 bits per heavy atom. The first-order valence-corrected chi connectivity index (χ1v) is 11.3. The Hall–Kier alpha value is -0.950. The third kappa shape index (κ3) is 3.70. The highest BCUT2D eigenvalue weighted by atomic mass is 32.2. The Morgan fingerprint density at radius 2 is 2.00 bits per heavy atom. The average Bonchev–Trinajstić information content (AvgIpc) is 3.33. The maximum atomic E-state index is 12.0. The van der Waals surface area contributed by atoms with Crippen molar-refractivity contribution in [2.24, 2.45) is 5.92 Å². The van der Waals surface area contributed by atoms with Crippen LogP contribution in [-0.4, -0.2) is 50.4 Å². The van der Waals surface area contributed by atoms with E-state index in [4.69, 9.17) is 4.74 Å². The summed E-state index contributed by atoms with van der Waals surface area (Å²) in [6.07, 6.45) is 3.56. The standard InChI is InChI=1S/C20H30N2O3S/c1-15-3-4-16(2)17(11-15)12-22-13-20(14-22)18(8-10-25-20)7-9-21-26(23,24)19-5-6-19/h3-4,11,18-19,21H,5-10,12-14H2,1-2H3/t18-/m1/s1. The van der Waals surface area contributed by atoms with Gasteiger partial charge < -0.3 is 4.74 Å². The fourth-order valence-corrected chi connectivity index (χ4v) is 5.84. The van der Waals surface area contributed by atoms with E-state index in [1.165, 1.54) is 16.7 Å². The smallest absolute Gasteiger partial charge is 0.214 e. The van der Waals surface area contributed by atoms with Crippen LogP contribution >= 0.6 is 0 Å². The van der Waals surface area contributed by atoms with E-state index in [1.807, 2.05) is 0 Å². The van der Waals surface area contributed by atoms with Crippen LogP contribution in [-0.2, 0) is 21.3 Å². The van der Waals surface area contributed by atoms with Gasteiger partial charge in [-0.15, -0.1) is 0 Å². The van der Waals surface area contributed by atoms with E-state index in [0.29, 0.717) is 12.5 Å². The zero-order valence-corrected chi connectivity index (χ0v) is 16.6. The lowest BCUT2D eigenvalue weighted by Crippen LogP contribution is -2.64. The molecule has 4 rings (SSSR count). The summed E-state index contributed by atoms with van der Waals surface area (Å²) in [5, 5.41) is -0.131. The van der Waals surface area contributed by atoms with Crippen LogP contribution in [0.25, 0.3) is 0 Å². The van der Waals surface area contributed by atoms with Crippen LogP contribution in [0.4, 0.5) is 0 Å². The quantitative estimate of drug-likeness (QED) is 0.791. The monoisotopic (exact) mass is 378 g/mol. The molecule has 2 aliphatic heterocycles. The highest BCUT2D eigenvalue weighted by molar-refractivity contribution is 7.90. The number of nitrogens with one attached hydrogen (secondary N) is 1. The number of benzene rings is 1. The maximum absolute atomic E-state index is 12.0. The second-order valence-electron chi connectivity index (χ2n) is 8.40. The Labute approximate surface area is 157 Å². The number of likely N-dealkylation sites (tertiary alicyclic amines) is 1. The topological polar surface area (TPSA) is 58.6 Å². The molecule has 0 amide bonds. The van der Waals surface area contributed by atoms with Gasteiger partial charge in [-0.25, -0.2) is 13.1 Å². The van der Waals surface area contributed by atoms with Crippen molar-refractivity contribution in [1.82, 2.24) is 9.62 Å². The molecule has 3 aliphatic rings. The van der Waals surface area contributed by atoms with Gasteiger partial charge in [-0.1, -0.05) is 23.8 Å². The van der Waals surface area contributed by atoms with Crippen molar-refractivity contribution in [1.29, 1.82) is 0 Å². The van der Waals surface area contributed by atoms with E-state index in [2.05, 4.69) is 41.7 Å². The molecule has 0 unspecified atom stereocenters. The summed E-state index contributed by atoms with van der Waals surface area (Å²) in [5.41, 5.74) is 3.99. The first-order chi connectivity index (χ1) is 12.4. The van der Waals surface area contributed by atoms with Gasteiger partial charge in [0.2, 0.25) is 10.0 Å². The van der Waals surface area contributed by atoms with Crippen LogP contribution in [0.1, 0.15) is 42.4 Å². The summed E-state index contributed by atoms with van der Waals surface area (Å²) < 4.78 is 32.9. The molecule has 0 radical (unpaired) electrons. The van der Waals surface area contributed by atoms with Crippen molar-refractivity contribution in [3.63, 3.8) is 0 Å². The normalized spacial score (nSPS) is 25.5. The van der Waals surface area contributed by atoms with E-state index in [1.54, 1.807) is 0 Å². The lowest BCUT2D eigenvalue weighted by atomic mass is 9.78. The summed E-state index contributed by atoms with van der Waals surface area (Å²) in [5.74, 6) is 0.458. The molecule has 0 aromatic heterocycles. The molecule has 1 aromatic rings. The van der Waals surface area contributed by atoms with E-state index >= 15 is 0 Å². The molecule has 1 aliphatic carbocycles. The van der Waals surface area contributed by atoms with Gasteiger partial charge in [0.05, 0.1) is 10.9 Å². The molecule has 144 valence electrons. The molecular formula is C20H30N2O3S. The highest BCUT2D eigenvalue weighted by Gasteiger charge is 2.52. The van der Waals surface area contributed by atoms with Crippen molar-refractivity contribution < 1.29 is 13.2 Å².